The Kier molecular flexibility index (Phi) is 9.07. The normalized spacial score (nSPS) is 20.4. The Hall–Kier alpha value is -3.24. The number of nitrogens with two attached hydrogens (primary N) is 1. The molecule has 0 saturated carbocycles. The third-order valence-electron chi connectivity index (χ3n) is 7.14. The molecule has 0 spiro atoms. The number of nitrogens with one attached hydrogen (secondary N) is 1. The Morgan fingerprint density at radius 2 is 1.82 bits per heavy atom. The minimum atomic E-state index is -4.84. The number of rotatable bonds is 8. The third-order valence-corrected chi connectivity index (χ3v) is 7.14. The number of nitrogens with zero attached hydrogens (tertiary/aromatic N) is 1. The zero-order valence-corrected chi connectivity index (χ0v) is 21.8. The molecule has 2 saturated heterocycles. The van der Waals surface area contributed by atoms with Crippen LogP contribution in [0.4, 0.5) is 17.6 Å². The highest BCUT2D eigenvalue weighted by Crippen LogP contribution is 2.36. The predicted molar refractivity (Wildman–Crippen MR) is 139 cm³/mol. The van der Waals surface area contributed by atoms with Crippen LogP contribution in [0.15, 0.2) is 64.8 Å². The van der Waals surface area contributed by atoms with Crippen LogP contribution in [0.2, 0.25) is 0 Å². The molecule has 0 aliphatic carbocycles. The van der Waals surface area contributed by atoms with E-state index in [-0.39, 0.29) is 35.8 Å². The van der Waals surface area contributed by atoms with Crippen molar-refractivity contribution in [2.24, 2.45) is 10.7 Å². The molecule has 0 bridgehead atoms. The highest BCUT2D eigenvalue weighted by atomic mass is 19.4. The molecular formula is C29H33F4N3O3. The van der Waals surface area contributed by atoms with Gasteiger partial charge in [0.05, 0.1) is 35.2 Å². The van der Waals surface area contributed by atoms with Crippen LogP contribution in [0.5, 0.6) is 0 Å². The predicted octanol–water partition coefficient (Wildman–Crippen LogP) is 5.41. The van der Waals surface area contributed by atoms with E-state index in [0.717, 1.165) is 12.0 Å². The standard InChI is InChI=1S/C29H33F4N3O3/c1-19(34)35-24(18-26(37)36-28(12-15-38-16-13-28)21-8-3-2-4-9-21)22(25-11-6-14-39-25)17-20-7-5-10-23(27(20)30)29(31,32)33/h2-5,7-10,25H,6,11-18H2,1H3,(H2,34,35)(H,36,37)/b24-22+. The van der Waals surface area contributed by atoms with E-state index < -0.39 is 29.2 Å². The molecule has 0 radical (unpaired) electrons. The van der Waals surface area contributed by atoms with E-state index in [0.29, 0.717) is 50.7 Å². The second kappa shape index (κ2) is 12.3. The molecule has 0 aromatic heterocycles. The Labute approximate surface area is 225 Å². The van der Waals surface area contributed by atoms with Crippen LogP contribution in [0.25, 0.3) is 0 Å². The molecule has 2 aliphatic heterocycles. The Morgan fingerprint density at radius 1 is 1.10 bits per heavy atom. The molecule has 2 aliphatic rings. The number of benzene rings is 2. The van der Waals surface area contributed by atoms with Crippen LogP contribution in [0.1, 0.15) is 55.7 Å². The van der Waals surface area contributed by atoms with Crippen molar-refractivity contribution in [3.63, 3.8) is 0 Å². The zero-order valence-electron chi connectivity index (χ0n) is 21.8. The maximum absolute atomic E-state index is 15.0. The Balaban J connectivity index is 1.70. The molecule has 1 unspecified atom stereocenters. The van der Waals surface area contributed by atoms with Gasteiger partial charge in [-0.25, -0.2) is 9.38 Å². The second-order valence-corrected chi connectivity index (χ2v) is 9.97. The first-order valence-electron chi connectivity index (χ1n) is 13.0. The minimum Gasteiger partial charge on any atom is -0.387 e. The van der Waals surface area contributed by atoms with Crippen LogP contribution in [-0.4, -0.2) is 37.7 Å². The van der Waals surface area contributed by atoms with Crippen molar-refractivity contribution in [2.75, 3.05) is 19.8 Å². The number of alkyl halides is 3. The van der Waals surface area contributed by atoms with Gasteiger partial charge in [-0.1, -0.05) is 42.5 Å². The molecule has 2 aromatic rings. The molecule has 6 nitrogen and oxygen atoms in total. The molecule has 1 atom stereocenters. The van der Waals surface area contributed by atoms with Gasteiger partial charge in [0.2, 0.25) is 5.91 Å². The first-order valence-corrected chi connectivity index (χ1v) is 13.0. The fraction of sp³-hybridized carbons (Fsp3) is 0.448. The molecule has 2 aromatic carbocycles. The number of amides is 1. The van der Waals surface area contributed by atoms with E-state index in [1.165, 1.54) is 12.1 Å². The van der Waals surface area contributed by atoms with Crippen molar-refractivity contribution < 1.29 is 31.8 Å². The molecule has 4 rings (SSSR count). The quantitative estimate of drug-likeness (QED) is 0.263. The molecular weight excluding hydrogens is 514 g/mol. The minimum absolute atomic E-state index is 0.150. The fourth-order valence-corrected chi connectivity index (χ4v) is 5.26. The maximum atomic E-state index is 15.0. The second-order valence-electron chi connectivity index (χ2n) is 9.97. The van der Waals surface area contributed by atoms with Crippen molar-refractivity contribution in [1.29, 1.82) is 0 Å². The monoisotopic (exact) mass is 547 g/mol. The summed E-state index contributed by atoms with van der Waals surface area (Å²) in [7, 11) is 0. The lowest BCUT2D eigenvalue weighted by atomic mass is 9.82. The molecule has 210 valence electrons. The van der Waals surface area contributed by atoms with Crippen LogP contribution < -0.4 is 11.1 Å². The van der Waals surface area contributed by atoms with E-state index >= 15 is 4.39 Å². The largest absolute Gasteiger partial charge is 0.419 e. The lowest BCUT2D eigenvalue weighted by Crippen LogP contribution is -2.49. The third kappa shape index (κ3) is 7.05. The van der Waals surface area contributed by atoms with E-state index in [2.05, 4.69) is 10.3 Å². The number of amidine groups is 1. The van der Waals surface area contributed by atoms with Gasteiger partial charge in [-0.15, -0.1) is 0 Å². The first-order chi connectivity index (χ1) is 18.6. The van der Waals surface area contributed by atoms with Gasteiger partial charge in [0.25, 0.3) is 0 Å². The summed E-state index contributed by atoms with van der Waals surface area (Å²) in [6, 6.07) is 12.8. The average Bonchev–Trinajstić information content (AvgIpc) is 3.42. The number of carbonyl (C=O) groups is 1. The van der Waals surface area contributed by atoms with E-state index in [4.69, 9.17) is 15.2 Å². The van der Waals surface area contributed by atoms with Crippen LogP contribution in [0, 0.1) is 5.82 Å². The first kappa shape index (κ1) is 28.8. The van der Waals surface area contributed by atoms with Crippen molar-refractivity contribution in [1.82, 2.24) is 5.32 Å². The van der Waals surface area contributed by atoms with Crippen molar-refractivity contribution in [3.05, 3.63) is 82.3 Å². The smallest absolute Gasteiger partial charge is 0.387 e. The number of ether oxygens (including phenoxy) is 2. The van der Waals surface area contributed by atoms with Crippen molar-refractivity contribution in [2.45, 2.75) is 63.3 Å². The highest BCUT2D eigenvalue weighted by Gasteiger charge is 2.37. The lowest BCUT2D eigenvalue weighted by Gasteiger charge is -2.38. The van der Waals surface area contributed by atoms with Crippen LogP contribution in [0.3, 0.4) is 0 Å². The summed E-state index contributed by atoms with van der Waals surface area (Å²) >= 11 is 0. The number of hydrogen-bond acceptors (Lipinski definition) is 4. The molecule has 10 heteroatoms. The lowest BCUT2D eigenvalue weighted by molar-refractivity contribution is -0.140. The highest BCUT2D eigenvalue weighted by molar-refractivity contribution is 5.83. The van der Waals surface area contributed by atoms with Gasteiger partial charge in [0, 0.05) is 26.2 Å². The number of hydrogen-bond donors (Lipinski definition) is 2. The Bertz CT molecular complexity index is 1210. The summed E-state index contributed by atoms with van der Waals surface area (Å²) in [6.07, 6.45) is -3.29. The van der Waals surface area contributed by atoms with E-state index in [1.807, 2.05) is 30.3 Å². The summed E-state index contributed by atoms with van der Waals surface area (Å²) < 4.78 is 66.6. The number of aliphatic imine (C=N–C) groups is 1. The topological polar surface area (TPSA) is 85.9 Å². The van der Waals surface area contributed by atoms with Crippen LogP contribution >= 0.6 is 0 Å². The summed E-state index contributed by atoms with van der Waals surface area (Å²) in [5.41, 5.74) is 5.46. The van der Waals surface area contributed by atoms with Crippen molar-refractivity contribution >= 4 is 11.7 Å². The molecule has 3 N–H and O–H groups in total. The molecule has 1 amide bonds. The zero-order chi connectivity index (χ0) is 28.0. The van der Waals surface area contributed by atoms with Crippen LogP contribution in [-0.2, 0) is 32.4 Å². The molecule has 2 fully saturated rings. The Morgan fingerprint density at radius 3 is 2.44 bits per heavy atom. The molecule has 2 heterocycles. The van der Waals surface area contributed by atoms with Gasteiger partial charge >= 0.3 is 6.18 Å². The van der Waals surface area contributed by atoms with Gasteiger partial charge in [0.15, 0.2) is 0 Å². The van der Waals surface area contributed by atoms with Gasteiger partial charge in [-0.3, -0.25) is 4.79 Å². The van der Waals surface area contributed by atoms with Gasteiger partial charge < -0.3 is 20.5 Å². The van der Waals surface area contributed by atoms with Gasteiger partial charge in [-0.2, -0.15) is 13.2 Å². The van der Waals surface area contributed by atoms with E-state index in [9.17, 15) is 18.0 Å². The fourth-order valence-electron chi connectivity index (χ4n) is 5.26. The van der Waals surface area contributed by atoms with E-state index in [1.54, 1.807) is 6.92 Å². The maximum Gasteiger partial charge on any atom is 0.419 e. The molecule has 39 heavy (non-hydrogen) atoms. The SMILES string of the molecule is CC(N)=N/C(CC(=O)NC1(c2ccccc2)CCOCC1)=C(\Cc1cccc(C(F)(F)F)c1F)C1CCCO1. The summed E-state index contributed by atoms with van der Waals surface area (Å²) in [4.78, 5) is 18.0. The van der Waals surface area contributed by atoms with Gasteiger partial charge in [-0.05, 0) is 55.4 Å². The number of carbonyl (C=O) groups excluding carboxylic acids is 1. The van der Waals surface area contributed by atoms with Gasteiger partial charge in [0.1, 0.15) is 5.82 Å². The number of halogens is 4. The summed E-state index contributed by atoms with van der Waals surface area (Å²) in [5.74, 6) is -1.51. The summed E-state index contributed by atoms with van der Waals surface area (Å²) in [5, 5.41) is 3.18. The van der Waals surface area contributed by atoms with Crippen molar-refractivity contribution in [3.8, 4) is 0 Å². The average molecular weight is 548 g/mol. The summed E-state index contributed by atoms with van der Waals surface area (Å²) in [6.45, 7) is 2.96.